The summed E-state index contributed by atoms with van der Waals surface area (Å²) in [5, 5.41) is 1.74. The van der Waals surface area contributed by atoms with Crippen LogP contribution in [0.5, 0.6) is 0 Å². The molecule has 0 aliphatic rings. The van der Waals surface area contributed by atoms with Crippen LogP contribution in [0.3, 0.4) is 0 Å². The highest BCUT2D eigenvalue weighted by atomic mass is 32.2. The molecule has 1 N–H and O–H groups in total. The van der Waals surface area contributed by atoms with E-state index in [-0.39, 0.29) is 10.7 Å². The molecule has 3 aromatic rings. The fraction of sp³-hybridized carbons (Fsp3) is 0.278. The van der Waals surface area contributed by atoms with E-state index in [1.54, 1.807) is 6.07 Å². The van der Waals surface area contributed by atoms with Gasteiger partial charge < -0.3 is 5.32 Å². The maximum Gasteiger partial charge on any atom is 0.405 e. The summed E-state index contributed by atoms with van der Waals surface area (Å²) in [7, 11) is 1.53. The minimum atomic E-state index is -4.48. The van der Waals surface area contributed by atoms with E-state index in [9.17, 15) is 22.8 Å². The molecule has 0 saturated carbocycles. The van der Waals surface area contributed by atoms with Crippen LogP contribution in [-0.4, -0.2) is 33.4 Å². The molecule has 0 radical (unpaired) electrons. The van der Waals surface area contributed by atoms with Gasteiger partial charge >= 0.3 is 6.18 Å². The van der Waals surface area contributed by atoms with Gasteiger partial charge in [-0.05, 0) is 18.6 Å². The zero-order valence-corrected chi connectivity index (χ0v) is 16.5. The first-order chi connectivity index (χ1) is 13.2. The lowest BCUT2D eigenvalue weighted by atomic mass is 10.2. The van der Waals surface area contributed by atoms with E-state index < -0.39 is 23.9 Å². The van der Waals surface area contributed by atoms with Gasteiger partial charge in [-0.25, -0.2) is 4.98 Å². The Bertz CT molecular complexity index is 1060. The van der Waals surface area contributed by atoms with Crippen LogP contribution in [0.4, 0.5) is 13.2 Å². The molecule has 1 aromatic carbocycles. The highest BCUT2D eigenvalue weighted by Crippen LogP contribution is 2.32. The van der Waals surface area contributed by atoms with Crippen molar-refractivity contribution in [3.05, 3.63) is 46.8 Å². The van der Waals surface area contributed by atoms with Crippen LogP contribution in [-0.2, 0) is 11.8 Å². The Morgan fingerprint density at radius 3 is 2.64 bits per heavy atom. The fourth-order valence-corrected chi connectivity index (χ4v) is 4.42. The van der Waals surface area contributed by atoms with Crippen molar-refractivity contribution >= 4 is 39.2 Å². The van der Waals surface area contributed by atoms with E-state index in [1.165, 1.54) is 29.9 Å². The Morgan fingerprint density at radius 2 is 2.00 bits per heavy atom. The molecule has 5 nitrogen and oxygen atoms in total. The van der Waals surface area contributed by atoms with Crippen molar-refractivity contribution in [1.29, 1.82) is 0 Å². The summed E-state index contributed by atoms with van der Waals surface area (Å²) in [5.74, 6) is -0.771. The molecule has 1 atom stereocenters. The lowest BCUT2D eigenvalue weighted by Gasteiger charge is -2.14. The van der Waals surface area contributed by atoms with Gasteiger partial charge in [0.25, 0.3) is 5.56 Å². The van der Waals surface area contributed by atoms with Crippen LogP contribution < -0.4 is 10.9 Å². The first-order valence-electron chi connectivity index (χ1n) is 8.23. The Balaban J connectivity index is 1.87. The van der Waals surface area contributed by atoms with Gasteiger partial charge in [0, 0.05) is 11.9 Å². The predicted molar refractivity (Wildman–Crippen MR) is 105 cm³/mol. The van der Waals surface area contributed by atoms with Crippen molar-refractivity contribution in [2.45, 2.75) is 23.5 Å². The predicted octanol–water partition coefficient (Wildman–Crippen LogP) is 3.82. The molecule has 0 aliphatic carbocycles. The van der Waals surface area contributed by atoms with Crippen LogP contribution in [0.25, 0.3) is 20.7 Å². The molecule has 28 heavy (non-hydrogen) atoms. The van der Waals surface area contributed by atoms with Crippen molar-refractivity contribution in [2.24, 2.45) is 7.05 Å². The number of amides is 1. The first kappa shape index (κ1) is 20.4. The summed E-state index contributed by atoms with van der Waals surface area (Å²) in [6, 6.07) is 11.3. The second-order valence-corrected chi connectivity index (χ2v) is 8.39. The average molecular weight is 427 g/mol. The molecule has 148 valence electrons. The summed E-state index contributed by atoms with van der Waals surface area (Å²) in [4.78, 5) is 30.4. The summed E-state index contributed by atoms with van der Waals surface area (Å²) in [6.07, 6.45) is -4.48. The number of carbonyl (C=O) groups excluding carboxylic acids is 1. The number of halogens is 3. The molecule has 0 aliphatic heterocycles. The molecule has 0 saturated heterocycles. The fourth-order valence-electron chi connectivity index (χ4n) is 2.44. The molecule has 0 fully saturated rings. The molecule has 1 amide bonds. The third-order valence-corrected chi connectivity index (χ3v) is 6.13. The number of carbonyl (C=O) groups is 1. The summed E-state index contributed by atoms with van der Waals surface area (Å²) < 4.78 is 38.1. The van der Waals surface area contributed by atoms with Gasteiger partial charge in [0.1, 0.15) is 11.4 Å². The minimum Gasteiger partial charge on any atom is -0.346 e. The average Bonchev–Trinajstić information content (AvgIpc) is 3.08. The molecule has 0 bridgehead atoms. The van der Waals surface area contributed by atoms with Gasteiger partial charge in [-0.3, -0.25) is 14.2 Å². The van der Waals surface area contributed by atoms with Gasteiger partial charge in [-0.1, -0.05) is 42.1 Å². The number of rotatable bonds is 5. The van der Waals surface area contributed by atoms with Gasteiger partial charge in [0.2, 0.25) is 5.91 Å². The van der Waals surface area contributed by atoms with Crippen molar-refractivity contribution in [2.75, 3.05) is 6.54 Å². The third kappa shape index (κ3) is 4.56. The van der Waals surface area contributed by atoms with Gasteiger partial charge in [0.05, 0.1) is 10.6 Å². The molecule has 2 heterocycles. The second kappa shape index (κ2) is 7.96. The number of hydrogen-bond acceptors (Lipinski definition) is 5. The van der Waals surface area contributed by atoms with Gasteiger partial charge in [0.15, 0.2) is 5.16 Å². The van der Waals surface area contributed by atoms with Gasteiger partial charge in [-0.15, -0.1) is 11.3 Å². The smallest absolute Gasteiger partial charge is 0.346 e. The Kier molecular flexibility index (Phi) is 5.80. The van der Waals surface area contributed by atoms with E-state index in [1.807, 2.05) is 35.6 Å². The van der Waals surface area contributed by atoms with Crippen molar-refractivity contribution < 1.29 is 18.0 Å². The van der Waals surface area contributed by atoms with E-state index >= 15 is 0 Å². The number of aromatic nitrogens is 2. The summed E-state index contributed by atoms with van der Waals surface area (Å²) in [5.41, 5.74) is 0.690. The molecule has 2 aromatic heterocycles. The minimum absolute atomic E-state index is 0.270. The monoisotopic (exact) mass is 427 g/mol. The number of benzene rings is 1. The van der Waals surface area contributed by atoms with Crippen LogP contribution in [0.2, 0.25) is 0 Å². The second-order valence-electron chi connectivity index (χ2n) is 6.05. The normalized spacial score (nSPS) is 12.9. The number of alkyl halides is 3. The van der Waals surface area contributed by atoms with Crippen molar-refractivity contribution in [1.82, 2.24) is 14.9 Å². The van der Waals surface area contributed by atoms with Crippen LogP contribution in [0.15, 0.2) is 46.3 Å². The zero-order valence-electron chi connectivity index (χ0n) is 14.9. The SMILES string of the molecule is CC(Sc1nc2sc(-c3ccccc3)cc2c(=O)n1C)C(=O)NCC(F)(F)F. The first-order valence-corrected chi connectivity index (χ1v) is 9.92. The maximum atomic E-state index is 12.7. The number of thioether (sulfide) groups is 1. The zero-order chi connectivity index (χ0) is 20.5. The largest absolute Gasteiger partial charge is 0.405 e. The Hall–Kier alpha value is -2.33. The molecule has 3 rings (SSSR count). The van der Waals surface area contributed by atoms with Crippen LogP contribution in [0, 0.1) is 0 Å². The van der Waals surface area contributed by atoms with E-state index in [2.05, 4.69) is 4.98 Å². The number of hydrogen-bond donors (Lipinski definition) is 1. The third-order valence-electron chi connectivity index (χ3n) is 3.90. The number of nitrogens with zero attached hydrogens (tertiary/aromatic N) is 2. The van der Waals surface area contributed by atoms with Crippen molar-refractivity contribution in [3.63, 3.8) is 0 Å². The van der Waals surface area contributed by atoms with Crippen LogP contribution in [0.1, 0.15) is 6.92 Å². The highest BCUT2D eigenvalue weighted by Gasteiger charge is 2.29. The van der Waals surface area contributed by atoms with E-state index in [4.69, 9.17) is 0 Å². The summed E-state index contributed by atoms with van der Waals surface area (Å²) in [6.45, 7) is 0.0734. The van der Waals surface area contributed by atoms with E-state index in [0.717, 1.165) is 22.2 Å². The number of nitrogens with one attached hydrogen (secondary N) is 1. The molecule has 10 heteroatoms. The summed E-state index contributed by atoms with van der Waals surface area (Å²) >= 11 is 2.29. The number of thiophene rings is 1. The highest BCUT2D eigenvalue weighted by molar-refractivity contribution is 8.00. The Labute approximate surface area is 166 Å². The van der Waals surface area contributed by atoms with Crippen LogP contribution >= 0.6 is 23.1 Å². The Morgan fingerprint density at radius 1 is 1.32 bits per heavy atom. The number of fused-ring (bicyclic) bond motifs is 1. The van der Waals surface area contributed by atoms with Gasteiger partial charge in [-0.2, -0.15) is 13.2 Å². The molecular formula is C18H16F3N3O2S2. The quantitative estimate of drug-likeness (QED) is 0.497. The standard InChI is InChI=1S/C18H16F3N3O2S2/c1-10(14(25)22-9-18(19,20)21)27-17-23-15-12(16(26)24(17)2)8-13(28-15)11-6-4-3-5-7-11/h3-8,10H,9H2,1-2H3,(H,22,25). The maximum absolute atomic E-state index is 12.7. The van der Waals surface area contributed by atoms with Crippen molar-refractivity contribution in [3.8, 4) is 10.4 Å². The molecular weight excluding hydrogens is 411 g/mol. The van der Waals surface area contributed by atoms with E-state index in [0.29, 0.717) is 10.2 Å². The lowest BCUT2D eigenvalue weighted by molar-refractivity contribution is -0.137. The molecule has 1 unspecified atom stereocenters. The lowest BCUT2D eigenvalue weighted by Crippen LogP contribution is -2.38. The molecule has 0 spiro atoms. The topological polar surface area (TPSA) is 64.0 Å².